The maximum Gasteiger partial charge on any atom is 0.319 e. The van der Waals surface area contributed by atoms with Crippen LogP contribution >= 0.6 is 0 Å². The molecule has 27 heavy (non-hydrogen) atoms. The zero-order valence-electron chi connectivity index (χ0n) is 16.2. The molecule has 0 aromatic heterocycles. The van der Waals surface area contributed by atoms with Crippen LogP contribution in [0.4, 0.5) is 10.5 Å². The predicted octanol–water partition coefficient (Wildman–Crippen LogP) is 3.09. The van der Waals surface area contributed by atoms with Gasteiger partial charge < -0.3 is 20.3 Å². The molecule has 1 aromatic rings. The van der Waals surface area contributed by atoms with Gasteiger partial charge in [0.15, 0.2) is 0 Å². The molecule has 1 atom stereocenters. The van der Waals surface area contributed by atoms with Crippen molar-refractivity contribution in [3.63, 3.8) is 0 Å². The average molecular weight is 371 g/mol. The van der Waals surface area contributed by atoms with Crippen LogP contribution < -0.4 is 10.6 Å². The Balaban J connectivity index is 1.64. The Morgan fingerprint density at radius 1 is 1.30 bits per heavy atom. The van der Waals surface area contributed by atoms with Crippen LogP contribution in [-0.2, 0) is 9.53 Å². The second-order valence-electron chi connectivity index (χ2n) is 7.62. The van der Waals surface area contributed by atoms with Crippen molar-refractivity contribution in [2.24, 2.45) is 5.92 Å². The fraction of sp³-hybridized carbons (Fsp3) is 0.524. The Hall–Kier alpha value is -2.34. The van der Waals surface area contributed by atoms with E-state index in [2.05, 4.69) is 22.8 Å². The molecule has 1 fully saturated rings. The Kier molecular flexibility index (Phi) is 6.16. The van der Waals surface area contributed by atoms with Gasteiger partial charge in [-0.15, -0.1) is 0 Å². The molecular formula is C21H29N3O3. The van der Waals surface area contributed by atoms with Gasteiger partial charge in [0.25, 0.3) is 0 Å². The van der Waals surface area contributed by atoms with E-state index in [1.165, 1.54) is 0 Å². The van der Waals surface area contributed by atoms with Gasteiger partial charge in [-0.2, -0.15) is 0 Å². The van der Waals surface area contributed by atoms with Crippen molar-refractivity contribution in [2.75, 3.05) is 32.1 Å². The lowest BCUT2D eigenvalue weighted by Gasteiger charge is -2.31. The number of carbonyl (C=O) groups is 2. The van der Waals surface area contributed by atoms with E-state index in [0.29, 0.717) is 26.1 Å². The molecule has 146 valence electrons. The van der Waals surface area contributed by atoms with Crippen molar-refractivity contribution >= 4 is 17.6 Å². The minimum absolute atomic E-state index is 0.0596. The first kappa shape index (κ1) is 19.4. The molecule has 0 spiro atoms. The van der Waals surface area contributed by atoms with Gasteiger partial charge in [0.2, 0.25) is 5.91 Å². The second-order valence-corrected chi connectivity index (χ2v) is 7.62. The number of benzene rings is 1. The van der Waals surface area contributed by atoms with Gasteiger partial charge in [0.05, 0.1) is 5.54 Å². The van der Waals surface area contributed by atoms with E-state index in [4.69, 9.17) is 4.74 Å². The highest BCUT2D eigenvalue weighted by Crippen LogP contribution is 2.29. The van der Waals surface area contributed by atoms with Crippen molar-refractivity contribution in [3.05, 3.63) is 42.0 Å². The third kappa shape index (κ3) is 4.89. The summed E-state index contributed by atoms with van der Waals surface area (Å²) in [6.07, 6.45) is 7.21. The van der Waals surface area contributed by atoms with Crippen LogP contribution in [-0.4, -0.2) is 49.2 Å². The number of urea groups is 1. The standard InChI is InChI=1S/C21H29N3O3/c1-16-6-5-9-18(14-16)22-20(26)23-21(11-13-27-2)10-12-24(15-21)19(25)17-7-3-4-8-17/h3-6,9,14,17H,7-8,10-13,15H2,1-2H3,(H2,22,23,26). The molecule has 1 unspecified atom stereocenters. The topological polar surface area (TPSA) is 70.7 Å². The number of aryl methyl sites for hydroxylation is 1. The zero-order chi connectivity index (χ0) is 19.3. The Bertz CT molecular complexity index is 710. The molecule has 6 heteroatoms. The van der Waals surface area contributed by atoms with E-state index in [1.807, 2.05) is 36.1 Å². The van der Waals surface area contributed by atoms with E-state index in [0.717, 1.165) is 30.5 Å². The SMILES string of the molecule is COCCC1(NC(=O)Nc2cccc(C)c2)CCN(C(=O)C2CC=CC2)C1. The summed E-state index contributed by atoms with van der Waals surface area (Å²) in [5.74, 6) is 0.254. The summed E-state index contributed by atoms with van der Waals surface area (Å²) in [6.45, 7) is 3.73. The zero-order valence-corrected chi connectivity index (χ0v) is 16.2. The van der Waals surface area contributed by atoms with Gasteiger partial charge >= 0.3 is 6.03 Å². The number of rotatable bonds is 6. The van der Waals surface area contributed by atoms with E-state index < -0.39 is 5.54 Å². The smallest absolute Gasteiger partial charge is 0.319 e. The van der Waals surface area contributed by atoms with Gasteiger partial charge in [0.1, 0.15) is 0 Å². The number of nitrogens with zero attached hydrogens (tertiary/aromatic N) is 1. The summed E-state index contributed by atoms with van der Waals surface area (Å²) in [7, 11) is 1.66. The van der Waals surface area contributed by atoms with Crippen LogP contribution in [0.2, 0.25) is 0 Å². The highest BCUT2D eigenvalue weighted by Gasteiger charge is 2.42. The maximum atomic E-state index is 12.7. The van der Waals surface area contributed by atoms with Gasteiger partial charge in [-0.1, -0.05) is 24.3 Å². The first-order valence-corrected chi connectivity index (χ1v) is 9.60. The Labute approximate surface area is 161 Å². The van der Waals surface area contributed by atoms with Crippen LogP contribution in [0.15, 0.2) is 36.4 Å². The number of likely N-dealkylation sites (tertiary alicyclic amines) is 1. The van der Waals surface area contributed by atoms with Crippen molar-refractivity contribution in [3.8, 4) is 0 Å². The number of nitrogens with one attached hydrogen (secondary N) is 2. The lowest BCUT2D eigenvalue weighted by atomic mass is 9.94. The fourth-order valence-corrected chi connectivity index (χ4v) is 3.93. The number of anilines is 1. The molecule has 2 N–H and O–H groups in total. The Morgan fingerprint density at radius 2 is 2.07 bits per heavy atom. The maximum absolute atomic E-state index is 12.7. The molecule has 1 aliphatic heterocycles. The normalized spacial score (nSPS) is 22.2. The molecule has 3 amide bonds. The molecule has 0 radical (unpaired) electrons. The summed E-state index contributed by atoms with van der Waals surface area (Å²) in [5.41, 5.74) is 1.40. The van der Waals surface area contributed by atoms with Gasteiger partial charge in [-0.3, -0.25) is 4.79 Å². The van der Waals surface area contributed by atoms with Crippen LogP contribution in [0.25, 0.3) is 0 Å². The number of amides is 3. The van der Waals surface area contributed by atoms with E-state index >= 15 is 0 Å². The summed E-state index contributed by atoms with van der Waals surface area (Å²) >= 11 is 0. The lowest BCUT2D eigenvalue weighted by molar-refractivity contribution is -0.134. The van der Waals surface area contributed by atoms with Crippen molar-refractivity contribution in [1.82, 2.24) is 10.2 Å². The molecule has 6 nitrogen and oxygen atoms in total. The molecule has 1 aliphatic carbocycles. The summed E-state index contributed by atoms with van der Waals surface area (Å²) in [6, 6.07) is 7.46. The third-order valence-corrected chi connectivity index (χ3v) is 5.46. The van der Waals surface area contributed by atoms with Crippen molar-refractivity contribution in [2.45, 2.75) is 38.1 Å². The molecule has 2 aliphatic rings. The third-order valence-electron chi connectivity index (χ3n) is 5.46. The largest absolute Gasteiger partial charge is 0.385 e. The summed E-state index contributed by atoms with van der Waals surface area (Å²) < 4.78 is 5.25. The van der Waals surface area contributed by atoms with Crippen LogP contribution in [0.1, 0.15) is 31.2 Å². The summed E-state index contributed by atoms with van der Waals surface area (Å²) in [5, 5.41) is 6.04. The minimum atomic E-state index is -0.453. The average Bonchev–Trinajstić information content (AvgIpc) is 3.30. The highest BCUT2D eigenvalue weighted by atomic mass is 16.5. The summed E-state index contributed by atoms with van der Waals surface area (Å²) in [4.78, 5) is 27.3. The van der Waals surface area contributed by atoms with Gasteiger partial charge in [-0.05, 0) is 50.3 Å². The van der Waals surface area contributed by atoms with Crippen LogP contribution in [0.5, 0.6) is 0 Å². The van der Waals surface area contributed by atoms with Crippen LogP contribution in [0, 0.1) is 12.8 Å². The monoisotopic (exact) mass is 371 g/mol. The number of hydrogen-bond acceptors (Lipinski definition) is 3. The second kappa shape index (κ2) is 8.57. The van der Waals surface area contributed by atoms with Gasteiger partial charge in [-0.25, -0.2) is 4.79 Å². The fourth-order valence-electron chi connectivity index (χ4n) is 3.93. The number of hydrogen-bond donors (Lipinski definition) is 2. The Morgan fingerprint density at radius 3 is 2.78 bits per heavy atom. The van der Waals surface area contributed by atoms with Crippen molar-refractivity contribution < 1.29 is 14.3 Å². The molecule has 1 heterocycles. The first-order valence-electron chi connectivity index (χ1n) is 9.60. The molecule has 0 bridgehead atoms. The van der Waals surface area contributed by atoms with Crippen molar-refractivity contribution in [1.29, 1.82) is 0 Å². The molecule has 3 rings (SSSR count). The molecular weight excluding hydrogens is 342 g/mol. The quantitative estimate of drug-likeness (QED) is 0.755. The number of carbonyl (C=O) groups excluding carboxylic acids is 2. The first-order chi connectivity index (χ1) is 13.0. The van der Waals surface area contributed by atoms with E-state index in [-0.39, 0.29) is 17.9 Å². The number of methoxy groups -OCH3 is 1. The minimum Gasteiger partial charge on any atom is -0.385 e. The highest BCUT2D eigenvalue weighted by molar-refractivity contribution is 5.90. The van der Waals surface area contributed by atoms with Crippen LogP contribution in [0.3, 0.4) is 0 Å². The predicted molar refractivity (Wildman–Crippen MR) is 106 cm³/mol. The van der Waals surface area contributed by atoms with E-state index in [9.17, 15) is 9.59 Å². The number of allylic oxidation sites excluding steroid dienone is 2. The number of ether oxygens (including phenoxy) is 1. The molecule has 1 saturated heterocycles. The molecule has 1 aromatic carbocycles. The van der Waals surface area contributed by atoms with Gasteiger partial charge in [0, 0.05) is 38.4 Å². The molecule has 0 saturated carbocycles. The lowest BCUT2D eigenvalue weighted by Crippen LogP contribution is -2.53. The van der Waals surface area contributed by atoms with E-state index in [1.54, 1.807) is 7.11 Å².